The fraction of sp³-hybridized carbons (Fsp3) is 0.222. The Kier molecular flexibility index (Phi) is 3.93. The van der Waals surface area contributed by atoms with Gasteiger partial charge in [0.2, 0.25) is 0 Å². The van der Waals surface area contributed by atoms with Gasteiger partial charge in [0.1, 0.15) is 11.9 Å². The summed E-state index contributed by atoms with van der Waals surface area (Å²) >= 11 is 0. The molecule has 0 spiro atoms. The van der Waals surface area contributed by atoms with E-state index in [0.29, 0.717) is 18.2 Å². The van der Waals surface area contributed by atoms with Gasteiger partial charge in [-0.25, -0.2) is 4.39 Å². The zero-order valence-electron chi connectivity index (χ0n) is 8.53. The minimum atomic E-state index is -4.81. The van der Waals surface area contributed by atoms with Gasteiger partial charge < -0.3 is 0 Å². The average molecular weight is 283 g/mol. The van der Waals surface area contributed by atoms with Crippen molar-refractivity contribution >= 4 is 10.1 Å². The third-order valence-electron chi connectivity index (χ3n) is 1.72. The molecule has 0 amide bonds. The van der Waals surface area contributed by atoms with Crippen molar-refractivity contribution in [3.8, 4) is 6.07 Å². The zero-order valence-corrected chi connectivity index (χ0v) is 9.35. The van der Waals surface area contributed by atoms with Crippen LogP contribution in [-0.4, -0.2) is 21.2 Å². The van der Waals surface area contributed by atoms with Gasteiger partial charge in [-0.15, -0.1) is 0 Å². The number of halogens is 4. The number of hydrogen-bond donors (Lipinski definition) is 0. The van der Waals surface area contributed by atoms with Crippen molar-refractivity contribution in [2.45, 2.75) is 11.1 Å². The highest BCUT2D eigenvalue weighted by atomic mass is 32.2. The van der Waals surface area contributed by atoms with Crippen molar-refractivity contribution in [1.29, 1.82) is 5.26 Å². The second kappa shape index (κ2) is 4.91. The third-order valence-corrected chi connectivity index (χ3v) is 2.98. The van der Waals surface area contributed by atoms with Crippen LogP contribution in [0.5, 0.6) is 0 Å². The third kappa shape index (κ3) is 3.68. The summed E-state index contributed by atoms with van der Waals surface area (Å²) in [5.74, 6) is -0.979. The number of rotatable bonds is 3. The summed E-state index contributed by atoms with van der Waals surface area (Å²) < 4.78 is 74.7. The van der Waals surface area contributed by atoms with Crippen molar-refractivity contribution in [2.24, 2.45) is 0 Å². The molecule has 4 nitrogen and oxygen atoms in total. The summed E-state index contributed by atoms with van der Waals surface area (Å²) in [6.07, 6.45) is -4.81. The van der Waals surface area contributed by atoms with Crippen molar-refractivity contribution in [3.63, 3.8) is 0 Å². The molecule has 98 valence electrons. The molecule has 0 bridgehead atoms. The maximum absolute atomic E-state index is 12.9. The van der Waals surface area contributed by atoms with Gasteiger partial charge in [-0.3, -0.25) is 4.18 Å². The molecule has 0 heterocycles. The number of hydrogen-bond acceptors (Lipinski definition) is 4. The molecule has 0 aliphatic heterocycles. The average Bonchev–Trinajstić information content (AvgIpc) is 2.26. The lowest BCUT2D eigenvalue weighted by Crippen LogP contribution is -2.20. The fourth-order valence-corrected chi connectivity index (χ4v) is 1.88. The van der Waals surface area contributed by atoms with E-state index in [2.05, 4.69) is 4.18 Å². The molecule has 1 aromatic carbocycles. The molecular formula is C9H5F4NO3S. The summed E-state index contributed by atoms with van der Waals surface area (Å²) in [7, 11) is -4.68. The first-order valence-electron chi connectivity index (χ1n) is 4.31. The number of alkyl halides is 3. The van der Waals surface area contributed by atoms with E-state index in [1.807, 2.05) is 0 Å². The van der Waals surface area contributed by atoms with E-state index in [9.17, 15) is 26.0 Å². The van der Waals surface area contributed by atoms with Crippen LogP contribution in [0.4, 0.5) is 17.6 Å². The molecule has 0 unspecified atom stereocenters. The molecule has 0 atom stereocenters. The lowest BCUT2D eigenvalue weighted by molar-refractivity contribution is -0.152. The molecule has 0 fully saturated rings. The van der Waals surface area contributed by atoms with Crippen molar-refractivity contribution in [1.82, 2.24) is 0 Å². The van der Waals surface area contributed by atoms with E-state index in [1.165, 1.54) is 6.07 Å². The van der Waals surface area contributed by atoms with Crippen LogP contribution in [-0.2, 0) is 14.3 Å². The summed E-state index contributed by atoms with van der Waals surface area (Å²) in [4.78, 5) is -0.718. The van der Waals surface area contributed by atoms with E-state index in [4.69, 9.17) is 5.26 Å². The standard InChI is InChI=1S/C9H5F4NO3S/c10-8-2-1-7(3-6(8)4-14)18(15,16)17-5-9(11,12)13/h1-3H,5H2. The zero-order chi connectivity index (χ0) is 14.0. The minimum Gasteiger partial charge on any atom is -0.257 e. The van der Waals surface area contributed by atoms with E-state index in [0.717, 1.165) is 0 Å². The van der Waals surface area contributed by atoms with Gasteiger partial charge in [0, 0.05) is 0 Å². The molecule has 0 aliphatic rings. The largest absolute Gasteiger partial charge is 0.413 e. The molecule has 1 aromatic rings. The second-order valence-electron chi connectivity index (χ2n) is 3.08. The Morgan fingerprint density at radius 3 is 2.44 bits per heavy atom. The van der Waals surface area contributed by atoms with Gasteiger partial charge >= 0.3 is 6.18 Å². The predicted octanol–water partition coefficient (Wildman–Crippen LogP) is 1.96. The monoisotopic (exact) mass is 283 g/mol. The molecule has 0 N–H and O–H groups in total. The first-order chi connectivity index (χ1) is 8.15. The van der Waals surface area contributed by atoms with Gasteiger partial charge in [0.15, 0.2) is 6.61 Å². The van der Waals surface area contributed by atoms with Crippen molar-refractivity contribution in [2.75, 3.05) is 6.61 Å². The van der Waals surface area contributed by atoms with Crippen molar-refractivity contribution in [3.05, 3.63) is 29.6 Å². The van der Waals surface area contributed by atoms with Crippen LogP contribution in [0.1, 0.15) is 5.56 Å². The Labute approximate surface area is 99.5 Å². The van der Waals surface area contributed by atoms with E-state index in [-0.39, 0.29) is 0 Å². The van der Waals surface area contributed by atoms with Crippen LogP contribution >= 0.6 is 0 Å². The van der Waals surface area contributed by atoms with Crippen LogP contribution in [0.3, 0.4) is 0 Å². The summed E-state index contributed by atoms with van der Waals surface area (Å²) in [6.45, 7) is -1.99. The van der Waals surface area contributed by atoms with Gasteiger partial charge in [0.05, 0.1) is 10.5 Å². The summed E-state index contributed by atoms with van der Waals surface area (Å²) in [6, 6.07) is 3.33. The summed E-state index contributed by atoms with van der Waals surface area (Å²) in [5, 5.41) is 8.46. The number of nitrogens with zero attached hydrogens (tertiary/aromatic N) is 1. The van der Waals surface area contributed by atoms with Crippen LogP contribution in [0.25, 0.3) is 0 Å². The topological polar surface area (TPSA) is 67.2 Å². The SMILES string of the molecule is N#Cc1cc(S(=O)(=O)OCC(F)(F)F)ccc1F. The lowest BCUT2D eigenvalue weighted by Gasteiger charge is -2.08. The molecule has 18 heavy (non-hydrogen) atoms. The number of benzene rings is 1. The normalized spacial score (nSPS) is 12.2. The van der Waals surface area contributed by atoms with Crippen LogP contribution in [0.2, 0.25) is 0 Å². The van der Waals surface area contributed by atoms with Gasteiger partial charge in [0.25, 0.3) is 10.1 Å². The first kappa shape index (κ1) is 14.4. The first-order valence-corrected chi connectivity index (χ1v) is 5.72. The highest BCUT2D eigenvalue weighted by molar-refractivity contribution is 7.86. The Balaban J connectivity index is 3.03. The van der Waals surface area contributed by atoms with E-state index < -0.39 is 39.2 Å². The molecule has 9 heteroatoms. The van der Waals surface area contributed by atoms with Crippen LogP contribution in [0.15, 0.2) is 23.1 Å². The van der Waals surface area contributed by atoms with E-state index in [1.54, 1.807) is 0 Å². The Hall–Kier alpha value is -1.66. The molecule has 0 saturated heterocycles. The Bertz CT molecular complexity index is 589. The lowest BCUT2D eigenvalue weighted by atomic mass is 10.2. The fourth-order valence-electron chi connectivity index (χ4n) is 0.958. The number of nitriles is 1. The van der Waals surface area contributed by atoms with Gasteiger partial charge in [-0.05, 0) is 18.2 Å². The molecule has 0 saturated carbocycles. The Morgan fingerprint density at radius 2 is 1.94 bits per heavy atom. The smallest absolute Gasteiger partial charge is 0.257 e. The Morgan fingerprint density at radius 1 is 1.33 bits per heavy atom. The molecule has 0 radical (unpaired) electrons. The van der Waals surface area contributed by atoms with Gasteiger partial charge in [-0.1, -0.05) is 0 Å². The molecule has 1 rings (SSSR count). The molecule has 0 aromatic heterocycles. The maximum atomic E-state index is 12.9. The minimum absolute atomic E-state index is 0.598. The maximum Gasteiger partial charge on any atom is 0.413 e. The molecule has 0 aliphatic carbocycles. The highest BCUT2D eigenvalue weighted by Crippen LogP contribution is 2.21. The van der Waals surface area contributed by atoms with Crippen LogP contribution < -0.4 is 0 Å². The van der Waals surface area contributed by atoms with Crippen LogP contribution in [0, 0.1) is 17.1 Å². The second-order valence-corrected chi connectivity index (χ2v) is 4.70. The highest BCUT2D eigenvalue weighted by Gasteiger charge is 2.31. The van der Waals surface area contributed by atoms with E-state index >= 15 is 0 Å². The summed E-state index contributed by atoms with van der Waals surface area (Å²) in [5.41, 5.74) is -0.605. The van der Waals surface area contributed by atoms with Gasteiger partial charge in [-0.2, -0.15) is 26.9 Å². The quantitative estimate of drug-likeness (QED) is 0.628. The predicted molar refractivity (Wildman–Crippen MR) is 50.3 cm³/mol. The molecular weight excluding hydrogens is 278 g/mol. The van der Waals surface area contributed by atoms with Crippen molar-refractivity contribution < 1.29 is 30.2 Å².